The maximum absolute atomic E-state index is 8.99. The minimum absolute atomic E-state index is 0.633. The van der Waals surface area contributed by atoms with Crippen molar-refractivity contribution in [1.82, 2.24) is 4.90 Å². The molecule has 1 aliphatic heterocycles. The monoisotopic (exact) mass is 188 g/mol. The zero-order chi connectivity index (χ0) is 9.80. The fraction of sp³-hybridized carbons (Fsp3) is 0.583. The highest BCUT2D eigenvalue weighted by Gasteiger charge is 2.22. The Balaban J connectivity index is 2.10. The van der Waals surface area contributed by atoms with Crippen LogP contribution < -0.4 is 0 Å². The van der Waals surface area contributed by atoms with Gasteiger partial charge in [0.15, 0.2) is 6.19 Å². The lowest BCUT2D eigenvalue weighted by Crippen LogP contribution is -2.26. The Morgan fingerprint density at radius 3 is 2.79 bits per heavy atom. The maximum atomic E-state index is 8.99. The molecule has 1 heterocycles. The maximum Gasteiger partial charge on any atom is 0.184 e. The molecular formula is C12H16N2. The smallest absolute Gasteiger partial charge is 0.184 e. The molecule has 0 saturated heterocycles. The first-order valence-electron chi connectivity index (χ1n) is 5.46. The molecule has 2 nitrogen and oxygen atoms in total. The van der Waals surface area contributed by atoms with E-state index in [0.717, 1.165) is 6.54 Å². The summed E-state index contributed by atoms with van der Waals surface area (Å²) in [6, 6.07) is 0. The van der Waals surface area contributed by atoms with Crippen LogP contribution in [-0.4, -0.2) is 11.4 Å². The van der Waals surface area contributed by atoms with Gasteiger partial charge in [-0.3, -0.25) is 4.90 Å². The molecule has 0 radical (unpaired) electrons. The molecule has 74 valence electrons. The van der Waals surface area contributed by atoms with E-state index in [4.69, 9.17) is 5.26 Å². The molecule has 2 aliphatic rings. The van der Waals surface area contributed by atoms with Crippen LogP contribution in [0.3, 0.4) is 0 Å². The average molecular weight is 188 g/mol. The van der Waals surface area contributed by atoms with Crippen LogP contribution in [0.1, 0.15) is 32.1 Å². The number of nitriles is 1. The summed E-state index contributed by atoms with van der Waals surface area (Å²) in [7, 11) is 0. The van der Waals surface area contributed by atoms with Crippen molar-refractivity contribution < 1.29 is 0 Å². The van der Waals surface area contributed by atoms with E-state index < -0.39 is 0 Å². The lowest BCUT2D eigenvalue weighted by molar-refractivity contribution is 0.337. The van der Waals surface area contributed by atoms with E-state index in [1.807, 2.05) is 11.0 Å². The lowest BCUT2D eigenvalue weighted by atomic mass is 9.85. The van der Waals surface area contributed by atoms with E-state index in [2.05, 4.69) is 18.3 Å². The summed E-state index contributed by atoms with van der Waals surface area (Å²) in [5, 5.41) is 8.99. The van der Waals surface area contributed by atoms with Crippen molar-refractivity contribution in [3.8, 4) is 6.19 Å². The molecule has 0 amide bonds. The molecule has 0 unspecified atom stereocenters. The van der Waals surface area contributed by atoms with E-state index in [1.54, 1.807) is 0 Å². The molecule has 1 saturated carbocycles. The number of hydrogen-bond donors (Lipinski definition) is 0. The fourth-order valence-electron chi connectivity index (χ4n) is 2.38. The Bertz CT molecular complexity index is 290. The van der Waals surface area contributed by atoms with Crippen molar-refractivity contribution in [2.24, 2.45) is 5.92 Å². The molecule has 2 heteroatoms. The van der Waals surface area contributed by atoms with Gasteiger partial charge in [0.05, 0.1) is 6.54 Å². The van der Waals surface area contributed by atoms with Gasteiger partial charge in [-0.05, 0) is 24.8 Å². The second-order valence-corrected chi connectivity index (χ2v) is 4.07. The molecular weight excluding hydrogens is 172 g/mol. The van der Waals surface area contributed by atoms with Gasteiger partial charge in [-0.25, -0.2) is 0 Å². The predicted octanol–water partition coefficient (Wildman–Crippen LogP) is 2.80. The minimum Gasteiger partial charge on any atom is -0.279 e. The van der Waals surface area contributed by atoms with Crippen LogP contribution in [0.5, 0.6) is 0 Å². The summed E-state index contributed by atoms with van der Waals surface area (Å²) in [6.45, 7) is 0.763. The third-order valence-corrected chi connectivity index (χ3v) is 3.15. The van der Waals surface area contributed by atoms with Crippen LogP contribution in [0, 0.1) is 17.4 Å². The van der Waals surface area contributed by atoms with E-state index in [0.29, 0.717) is 5.92 Å². The molecule has 14 heavy (non-hydrogen) atoms. The van der Waals surface area contributed by atoms with Crippen LogP contribution in [0.15, 0.2) is 23.9 Å². The molecule has 0 atom stereocenters. The third-order valence-electron chi connectivity index (χ3n) is 3.15. The molecule has 0 aromatic heterocycles. The normalized spacial score (nSPS) is 23.1. The van der Waals surface area contributed by atoms with Crippen LogP contribution in [0.25, 0.3) is 0 Å². The minimum atomic E-state index is 0.633. The Morgan fingerprint density at radius 2 is 2.07 bits per heavy atom. The standard InChI is InChI=1S/C12H16N2/c13-10-14-9-5-4-8-12(14)11-6-2-1-3-7-11/h4-5,8,11H,1-3,6-7,9H2. The summed E-state index contributed by atoms with van der Waals surface area (Å²) < 4.78 is 0. The van der Waals surface area contributed by atoms with Crippen LogP contribution in [-0.2, 0) is 0 Å². The van der Waals surface area contributed by atoms with Gasteiger partial charge in [-0.15, -0.1) is 0 Å². The molecule has 0 spiro atoms. The summed E-state index contributed by atoms with van der Waals surface area (Å²) >= 11 is 0. The largest absolute Gasteiger partial charge is 0.279 e. The summed E-state index contributed by atoms with van der Waals surface area (Å²) in [6.07, 6.45) is 15.0. The first kappa shape index (κ1) is 9.33. The predicted molar refractivity (Wildman–Crippen MR) is 56.1 cm³/mol. The highest BCUT2D eigenvalue weighted by Crippen LogP contribution is 2.32. The van der Waals surface area contributed by atoms with E-state index in [-0.39, 0.29) is 0 Å². The molecule has 2 rings (SSSR count). The summed E-state index contributed by atoms with van der Waals surface area (Å²) in [5.41, 5.74) is 1.25. The van der Waals surface area contributed by atoms with Crippen molar-refractivity contribution >= 4 is 0 Å². The Morgan fingerprint density at radius 1 is 1.29 bits per heavy atom. The van der Waals surface area contributed by atoms with Gasteiger partial charge in [0, 0.05) is 5.70 Å². The first-order valence-corrected chi connectivity index (χ1v) is 5.46. The molecule has 0 aromatic carbocycles. The summed E-state index contributed by atoms with van der Waals surface area (Å²) in [5.74, 6) is 0.633. The van der Waals surface area contributed by atoms with Crippen LogP contribution >= 0.6 is 0 Å². The van der Waals surface area contributed by atoms with E-state index >= 15 is 0 Å². The SMILES string of the molecule is N#CN1CC=CC=C1C1CCCCC1. The topological polar surface area (TPSA) is 27.0 Å². The highest BCUT2D eigenvalue weighted by molar-refractivity contribution is 5.22. The Labute approximate surface area is 85.5 Å². The fourth-order valence-corrected chi connectivity index (χ4v) is 2.38. The van der Waals surface area contributed by atoms with Crippen molar-refractivity contribution in [2.75, 3.05) is 6.54 Å². The van der Waals surface area contributed by atoms with Gasteiger partial charge in [0.2, 0.25) is 0 Å². The Hall–Kier alpha value is -1.23. The van der Waals surface area contributed by atoms with Crippen molar-refractivity contribution in [3.63, 3.8) is 0 Å². The van der Waals surface area contributed by atoms with Crippen molar-refractivity contribution in [1.29, 1.82) is 5.26 Å². The van der Waals surface area contributed by atoms with Crippen LogP contribution in [0.2, 0.25) is 0 Å². The van der Waals surface area contributed by atoms with Gasteiger partial charge in [-0.2, -0.15) is 5.26 Å². The number of rotatable bonds is 1. The van der Waals surface area contributed by atoms with Gasteiger partial charge >= 0.3 is 0 Å². The van der Waals surface area contributed by atoms with Crippen molar-refractivity contribution in [3.05, 3.63) is 23.9 Å². The third kappa shape index (κ3) is 1.82. The molecule has 1 aliphatic carbocycles. The zero-order valence-corrected chi connectivity index (χ0v) is 8.45. The average Bonchev–Trinajstić information content (AvgIpc) is 2.30. The quantitative estimate of drug-likeness (QED) is 0.592. The number of allylic oxidation sites excluding steroid dienone is 3. The lowest BCUT2D eigenvalue weighted by Gasteiger charge is -2.30. The Kier molecular flexibility index (Phi) is 2.88. The highest BCUT2D eigenvalue weighted by atomic mass is 15.1. The second-order valence-electron chi connectivity index (χ2n) is 4.07. The second kappa shape index (κ2) is 4.32. The van der Waals surface area contributed by atoms with Crippen molar-refractivity contribution in [2.45, 2.75) is 32.1 Å². The van der Waals surface area contributed by atoms with Gasteiger partial charge in [-0.1, -0.05) is 31.4 Å². The zero-order valence-electron chi connectivity index (χ0n) is 8.45. The first-order chi connectivity index (χ1) is 6.92. The van der Waals surface area contributed by atoms with Gasteiger partial charge in [0.25, 0.3) is 0 Å². The van der Waals surface area contributed by atoms with Gasteiger partial charge in [0.1, 0.15) is 0 Å². The molecule has 0 bridgehead atoms. The molecule has 0 N–H and O–H groups in total. The summed E-state index contributed by atoms with van der Waals surface area (Å²) in [4.78, 5) is 1.83. The number of nitrogens with zero attached hydrogens (tertiary/aromatic N) is 2. The molecule has 0 aromatic rings. The van der Waals surface area contributed by atoms with Crippen LogP contribution in [0.4, 0.5) is 0 Å². The van der Waals surface area contributed by atoms with E-state index in [1.165, 1.54) is 37.8 Å². The molecule has 1 fully saturated rings. The van der Waals surface area contributed by atoms with E-state index in [9.17, 15) is 0 Å². The number of hydrogen-bond acceptors (Lipinski definition) is 2. The van der Waals surface area contributed by atoms with Gasteiger partial charge < -0.3 is 0 Å².